The number of hydrogen-bond acceptors (Lipinski definition) is 8. The van der Waals surface area contributed by atoms with Gasteiger partial charge in [0.25, 0.3) is 0 Å². The molecule has 3 heterocycles. The standard InChI is InChI=1S/C20H24N6O2/c1-12-22-16-8-18(27)15(7-19(16)28-12)17-9-21-20(24-23-17)26-6-5-13(11-26)10-25(2)14-3-4-14/h7-9,13-14,27H,3-6,10-11H2,1-2H3. The van der Waals surface area contributed by atoms with E-state index in [-0.39, 0.29) is 5.75 Å². The van der Waals surface area contributed by atoms with Crippen LogP contribution in [0.4, 0.5) is 5.95 Å². The number of phenols is 1. The van der Waals surface area contributed by atoms with E-state index < -0.39 is 0 Å². The van der Waals surface area contributed by atoms with Crippen molar-refractivity contribution < 1.29 is 9.52 Å². The van der Waals surface area contributed by atoms with E-state index in [2.05, 4.69) is 37.0 Å². The molecule has 3 aromatic rings. The summed E-state index contributed by atoms with van der Waals surface area (Å²) in [6.45, 7) is 4.83. The van der Waals surface area contributed by atoms with Crippen molar-refractivity contribution in [2.45, 2.75) is 32.2 Å². The summed E-state index contributed by atoms with van der Waals surface area (Å²) in [5.41, 5.74) is 2.29. The van der Waals surface area contributed by atoms with Gasteiger partial charge < -0.3 is 19.3 Å². The van der Waals surface area contributed by atoms with Gasteiger partial charge in [-0.3, -0.25) is 0 Å². The second kappa shape index (κ2) is 6.70. The maximum atomic E-state index is 10.3. The minimum Gasteiger partial charge on any atom is -0.507 e. The Hall–Kier alpha value is -2.74. The smallest absolute Gasteiger partial charge is 0.245 e. The molecule has 0 spiro atoms. The summed E-state index contributed by atoms with van der Waals surface area (Å²) in [5.74, 6) is 1.95. The lowest BCUT2D eigenvalue weighted by Crippen LogP contribution is -2.30. The quantitative estimate of drug-likeness (QED) is 0.722. The Labute approximate surface area is 163 Å². The second-order valence-electron chi connectivity index (χ2n) is 7.98. The molecule has 1 aromatic carbocycles. The van der Waals surface area contributed by atoms with Crippen LogP contribution in [0.2, 0.25) is 0 Å². The van der Waals surface area contributed by atoms with Crippen LogP contribution in [0.25, 0.3) is 22.4 Å². The Morgan fingerprint density at radius 2 is 2.11 bits per heavy atom. The van der Waals surface area contributed by atoms with Gasteiger partial charge in [-0.05, 0) is 38.3 Å². The first-order chi connectivity index (χ1) is 13.6. The van der Waals surface area contributed by atoms with Crippen LogP contribution < -0.4 is 4.90 Å². The van der Waals surface area contributed by atoms with E-state index >= 15 is 0 Å². The highest BCUT2D eigenvalue weighted by atomic mass is 16.3. The van der Waals surface area contributed by atoms with E-state index in [9.17, 15) is 5.11 Å². The van der Waals surface area contributed by atoms with E-state index in [1.54, 1.807) is 25.3 Å². The van der Waals surface area contributed by atoms with E-state index in [4.69, 9.17) is 4.42 Å². The lowest BCUT2D eigenvalue weighted by molar-refractivity contribution is 0.277. The van der Waals surface area contributed by atoms with Crippen LogP contribution >= 0.6 is 0 Å². The van der Waals surface area contributed by atoms with Crippen LogP contribution in [0.5, 0.6) is 5.75 Å². The summed E-state index contributed by atoms with van der Waals surface area (Å²) in [6.07, 6.45) is 5.50. The molecule has 1 atom stereocenters. The summed E-state index contributed by atoms with van der Waals surface area (Å²) < 4.78 is 5.55. The van der Waals surface area contributed by atoms with Crippen molar-refractivity contribution in [3.8, 4) is 17.0 Å². The molecule has 1 N–H and O–H groups in total. The first-order valence-corrected chi connectivity index (χ1v) is 9.82. The van der Waals surface area contributed by atoms with Gasteiger partial charge >= 0.3 is 0 Å². The summed E-state index contributed by atoms with van der Waals surface area (Å²) in [7, 11) is 2.23. The molecule has 5 rings (SSSR count). The summed E-state index contributed by atoms with van der Waals surface area (Å²) in [5, 5.41) is 19.0. The number of benzene rings is 1. The minimum absolute atomic E-state index is 0.0917. The molecule has 0 amide bonds. The third kappa shape index (κ3) is 3.28. The Morgan fingerprint density at radius 1 is 1.25 bits per heavy atom. The predicted octanol–water partition coefficient (Wildman–Crippen LogP) is 2.61. The fourth-order valence-corrected chi connectivity index (χ4v) is 4.06. The fourth-order valence-electron chi connectivity index (χ4n) is 4.06. The molecule has 0 radical (unpaired) electrons. The number of anilines is 1. The molecule has 2 fully saturated rings. The molecule has 1 unspecified atom stereocenters. The van der Waals surface area contributed by atoms with Crippen LogP contribution in [0, 0.1) is 12.8 Å². The van der Waals surface area contributed by atoms with Gasteiger partial charge in [0.2, 0.25) is 5.95 Å². The van der Waals surface area contributed by atoms with E-state index in [1.165, 1.54) is 12.8 Å². The molecule has 8 nitrogen and oxygen atoms in total. The average Bonchev–Trinajstić information content (AvgIpc) is 3.33. The summed E-state index contributed by atoms with van der Waals surface area (Å²) >= 11 is 0. The molecule has 28 heavy (non-hydrogen) atoms. The minimum atomic E-state index is 0.0917. The zero-order valence-electron chi connectivity index (χ0n) is 16.2. The summed E-state index contributed by atoms with van der Waals surface area (Å²) in [6, 6.07) is 4.11. The van der Waals surface area contributed by atoms with Gasteiger partial charge in [0, 0.05) is 44.2 Å². The Kier molecular flexibility index (Phi) is 4.16. The van der Waals surface area contributed by atoms with Crippen LogP contribution in [0.3, 0.4) is 0 Å². The van der Waals surface area contributed by atoms with Gasteiger partial charge in [-0.25, -0.2) is 9.97 Å². The molecule has 8 heteroatoms. The predicted molar refractivity (Wildman–Crippen MR) is 105 cm³/mol. The molecule has 2 aromatic heterocycles. The molecular weight excluding hydrogens is 356 g/mol. The average molecular weight is 380 g/mol. The fraction of sp³-hybridized carbons (Fsp3) is 0.500. The van der Waals surface area contributed by atoms with Crippen LogP contribution in [0.15, 0.2) is 22.7 Å². The SMILES string of the molecule is Cc1nc2cc(O)c(-c3cnc(N4CCC(CN(C)C5CC5)C4)nn3)cc2o1. The lowest BCUT2D eigenvalue weighted by Gasteiger charge is -2.21. The van der Waals surface area contributed by atoms with Gasteiger partial charge in [0.1, 0.15) is 17.0 Å². The van der Waals surface area contributed by atoms with E-state index in [1.807, 2.05) is 0 Å². The van der Waals surface area contributed by atoms with Crippen molar-refractivity contribution in [3.05, 3.63) is 24.2 Å². The Morgan fingerprint density at radius 3 is 2.86 bits per heavy atom. The second-order valence-corrected chi connectivity index (χ2v) is 7.98. The first kappa shape index (κ1) is 17.4. The van der Waals surface area contributed by atoms with Crippen LogP contribution in [0.1, 0.15) is 25.2 Å². The molecule has 1 saturated carbocycles. The van der Waals surface area contributed by atoms with Crippen LogP contribution in [-0.4, -0.2) is 62.9 Å². The van der Waals surface area contributed by atoms with Crippen molar-refractivity contribution in [2.75, 3.05) is 31.6 Å². The van der Waals surface area contributed by atoms with Gasteiger partial charge in [-0.2, -0.15) is 0 Å². The summed E-state index contributed by atoms with van der Waals surface area (Å²) in [4.78, 5) is 13.4. The molecular formula is C20H24N6O2. The normalized spacial score (nSPS) is 19.8. The van der Waals surface area contributed by atoms with Gasteiger partial charge in [-0.1, -0.05) is 0 Å². The van der Waals surface area contributed by atoms with E-state index in [0.29, 0.717) is 40.1 Å². The highest BCUT2D eigenvalue weighted by molar-refractivity contribution is 5.83. The maximum Gasteiger partial charge on any atom is 0.245 e. The van der Waals surface area contributed by atoms with E-state index in [0.717, 1.165) is 32.1 Å². The van der Waals surface area contributed by atoms with Crippen molar-refractivity contribution in [2.24, 2.45) is 5.92 Å². The molecule has 1 saturated heterocycles. The molecule has 2 aliphatic rings. The Balaban J connectivity index is 1.31. The molecule has 1 aliphatic heterocycles. The largest absolute Gasteiger partial charge is 0.507 e. The Bertz CT molecular complexity index is 998. The first-order valence-electron chi connectivity index (χ1n) is 9.82. The topological polar surface area (TPSA) is 91.4 Å². The number of oxazole rings is 1. The van der Waals surface area contributed by atoms with Gasteiger partial charge in [0.15, 0.2) is 11.5 Å². The zero-order chi connectivity index (χ0) is 19.3. The molecule has 146 valence electrons. The lowest BCUT2D eigenvalue weighted by atomic mass is 10.1. The number of rotatable bonds is 5. The number of phenolic OH excluding ortho intramolecular Hbond substituents is 1. The van der Waals surface area contributed by atoms with Crippen LogP contribution in [-0.2, 0) is 0 Å². The van der Waals surface area contributed by atoms with Crippen molar-refractivity contribution in [3.63, 3.8) is 0 Å². The van der Waals surface area contributed by atoms with Crippen molar-refractivity contribution in [1.29, 1.82) is 0 Å². The monoisotopic (exact) mass is 380 g/mol. The molecule has 1 aliphatic carbocycles. The highest BCUT2D eigenvalue weighted by Crippen LogP contribution is 2.33. The number of hydrogen-bond donors (Lipinski definition) is 1. The number of aromatic nitrogens is 4. The van der Waals surface area contributed by atoms with Crippen molar-refractivity contribution in [1.82, 2.24) is 25.1 Å². The third-order valence-electron chi connectivity index (χ3n) is 5.72. The van der Waals surface area contributed by atoms with Gasteiger partial charge in [-0.15, -0.1) is 10.2 Å². The molecule has 0 bridgehead atoms. The number of fused-ring (bicyclic) bond motifs is 1. The number of aromatic hydroxyl groups is 1. The zero-order valence-corrected chi connectivity index (χ0v) is 16.2. The third-order valence-corrected chi connectivity index (χ3v) is 5.72. The van der Waals surface area contributed by atoms with Crippen molar-refractivity contribution >= 4 is 17.0 Å². The highest BCUT2D eigenvalue weighted by Gasteiger charge is 2.31. The number of nitrogens with zero attached hydrogens (tertiary/aromatic N) is 6. The maximum absolute atomic E-state index is 10.3. The van der Waals surface area contributed by atoms with Gasteiger partial charge in [0.05, 0.1) is 6.20 Å². The number of aryl methyl sites for hydroxylation is 1.